The molecule has 1 aromatic carbocycles. The zero-order valence-electron chi connectivity index (χ0n) is 13.1. The Bertz CT molecular complexity index is 413. The molecule has 3 heteroatoms. The van der Waals surface area contributed by atoms with Gasteiger partial charge in [-0.1, -0.05) is 24.6 Å². The molecule has 0 amide bonds. The van der Waals surface area contributed by atoms with E-state index in [1.807, 2.05) is 0 Å². The minimum Gasteiger partial charge on any atom is -0.496 e. The van der Waals surface area contributed by atoms with Crippen LogP contribution in [-0.2, 0) is 6.54 Å². The van der Waals surface area contributed by atoms with Crippen LogP contribution in [-0.4, -0.2) is 37.7 Å². The Morgan fingerprint density at radius 3 is 2.90 bits per heavy atom. The summed E-state index contributed by atoms with van der Waals surface area (Å²) in [5.74, 6) is 1.01. The van der Waals surface area contributed by atoms with Crippen molar-refractivity contribution in [3.63, 3.8) is 0 Å². The molecule has 3 nitrogen and oxygen atoms in total. The number of nitrogens with zero attached hydrogens (tertiary/aromatic N) is 1. The van der Waals surface area contributed by atoms with E-state index in [9.17, 15) is 0 Å². The molecule has 1 N–H and O–H groups in total. The molecule has 0 radical (unpaired) electrons. The molecule has 0 aromatic heterocycles. The van der Waals surface area contributed by atoms with Crippen molar-refractivity contribution in [3.8, 4) is 5.75 Å². The first kappa shape index (κ1) is 15.3. The SMILES string of the molecule is CCCN(Cc1cc(C)ccc1OC)CC1CCCN1. The highest BCUT2D eigenvalue weighted by molar-refractivity contribution is 5.36. The van der Waals surface area contributed by atoms with Crippen LogP contribution in [0, 0.1) is 6.92 Å². The van der Waals surface area contributed by atoms with Crippen LogP contribution in [0.25, 0.3) is 0 Å². The number of aryl methyl sites for hydroxylation is 1. The van der Waals surface area contributed by atoms with Gasteiger partial charge in [0.2, 0.25) is 0 Å². The van der Waals surface area contributed by atoms with Crippen molar-refractivity contribution in [1.82, 2.24) is 10.2 Å². The lowest BCUT2D eigenvalue weighted by Crippen LogP contribution is -2.37. The standard InChI is InChI=1S/C17H28N2O/c1-4-10-19(13-16-6-5-9-18-16)12-15-11-14(2)7-8-17(15)20-3/h7-8,11,16,18H,4-6,9-10,12-13H2,1-3H3. The lowest BCUT2D eigenvalue weighted by atomic mass is 10.1. The lowest BCUT2D eigenvalue weighted by molar-refractivity contribution is 0.238. The summed E-state index contributed by atoms with van der Waals surface area (Å²) in [5.41, 5.74) is 2.61. The predicted molar refractivity (Wildman–Crippen MR) is 84.3 cm³/mol. The molecule has 0 saturated carbocycles. The van der Waals surface area contributed by atoms with Gasteiger partial charge < -0.3 is 10.1 Å². The number of hydrogen-bond donors (Lipinski definition) is 1. The van der Waals surface area contributed by atoms with E-state index >= 15 is 0 Å². The molecule has 2 rings (SSSR count). The van der Waals surface area contributed by atoms with Crippen LogP contribution in [0.15, 0.2) is 18.2 Å². The highest BCUT2D eigenvalue weighted by Gasteiger charge is 2.18. The number of hydrogen-bond acceptors (Lipinski definition) is 3. The van der Waals surface area contributed by atoms with Crippen molar-refractivity contribution < 1.29 is 4.74 Å². The van der Waals surface area contributed by atoms with Gasteiger partial charge in [0.15, 0.2) is 0 Å². The van der Waals surface area contributed by atoms with Gasteiger partial charge in [-0.25, -0.2) is 0 Å². The second kappa shape index (κ2) is 7.65. The van der Waals surface area contributed by atoms with E-state index < -0.39 is 0 Å². The minimum atomic E-state index is 0.664. The summed E-state index contributed by atoms with van der Waals surface area (Å²) < 4.78 is 5.51. The van der Waals surface area contributed by atoms with Gasteiger partial charge in [0.1, 0.15) is 5.75 Å². The van der Waals surface area contributed by atoms with Gasteiger partial charge in [0.05, 0.1) is 7.11 Å². The molecule has 1 aliphatic rings. The zero-order valence-corrected chi connectivity index (χ0v) is 13.1. The Morgan fingerprint density at radius 2 is 2.25 bits per heavy atom. The van der Waals surface area contributed by atoms with Crippen LogP contribution in [0.5, 0.6) is 5.75 Å². The number of benzene rings is 1. The fourth-order valence-electron chi connectivity index (χ4n) is 3.05. The molecule has 20 heavy (non-hydrogen) atoms. The van der Waals surface area contributed by atoms with Gasteiger partial charge >= 0.3 is 0 Å². The van der Waals surface area contributed by atoms with Crippen molar-refractivity contribution in [2.75, 3.05) is 26.7 Å². The molecule has 0 aliphatic carbocycles. The molecule has 1 atom stereocenters. The first-order valence-corrected chi connectivity index (χ1v) is 7.82. The van der Waals surface area contributed by atoms with E-state index in [4.69, 9.17) is 4.74 Å². The van der Waals surface area contributed by atoms with E-state index in [1.165, 1.54) is 36.9 Å². The average molecular weight is 276 g/mol. The molecule has 0 spiro atoms. The van der Waals surface area contributed by atoms with Crippen molar-refractivity contribution in [1.29, 1.82) is 0 Å². The molecule has 1 heterocycles. The maximum Gasteiger partial charge on any atom is 0.123 e. The van der Waals surface area contributed by atoms with E-state index in [1.54, 1.807) is 7.11 Å². The second-order valence-electron chi connectivity index (χ2n) is 5.84. The topological polar surface area (TPSA) is 24.5 Å². The van der Waals surface area contributed by atoms with Crippen molar-refractivity contribution in [3.05, 3.63) is 29.3 Å². The van der Waals surface area contributed by atoms with Crippen LogP contribution < -0.4 is 10.1 Å². The van der Waals surface area contributed by atoms with Gasteiger partial charge in [-0.2, -0.15) is 0 Å². The van der Waals surface area contributed by atoms with E-state index in [0.29, 0.717) is 6.04 Å². The summed E-state index contributed by atoms with van der Waals surface area (Å²) in [7, 11) is 1.76. The molecule has 112 valence electrons. The summed E-state index contributed by atoms with van der Waals surface area (Å²) in [6.45, 7) is 8.85. The van der Waals surface area contributed by atoms with Gasteiger partial charge in [-0.05, 0) is 45.3 Å². The van der Waals surface area contributed by atoms with Crippen LogP contribution in [0.2, 0.25) is 0 Å². The Morgan fingerprint density at radius 1 is 1.40 bits per heavy atom. The van der Waals surface area contributed by atoms with Crippen molar-refractivity contribution >= 4 is 0 Å². The second-order valence-corrected chi connectivity index (χ2v) is 5.84. The molecular formula is C17H28N2O. The fourth-order valence-corrected chi connectivity index (χ4v) is 3.05. The number of nitrogens with one attached hydrogen (secondary N) is 1. The Hall–Kier alpha value is -1.06. The smallest absolute Gasteiger partial charge is 0.123 e. The third kappa shape index (κ3) is 4.22. The summed E-state index contributed by atoms with van der Waals surface area (Å²) in [6.07, 6.45) is 3.82. The largest absolute Gasteiger partial charge is 0.496 e. The summed E-state index contributed by atoms with van der Waals surface area (Å²) >= 11 is 0. The maximum absolute atomic E-state index is 5.51. The number of ether oxygens (including phenoxy) is 1. The highest BCUT2D eigenvalue weighted by Crippen LogP contribution is 2.22. The molecule has 1 aliphatic heterocycles. The predicted octanol–water partition coefficient (Wildman–Crippen LogP) is 2.97. The quantitative estimate of drug-likeness (QED) is 0.828. The summed E-state index contributed by atoms with van der Waals surface area (Å²) in [5, 5.41) is 3.60. The number of methoxy groups -OCH3 is 1. The Labute approximate surface area is 123 Å². The molecule has 1 aromatic rings. The molecule has 1 fully saturated rings. The third-order valence-electron chi connectivity index (χ3n) is 4.01. The van der Waals surface area contributed by atoms with Crippen molar-refractivity contribution in [2.45, 2.75) is 45.7 Å². The number of rotatable bonds is 7. The first-order valence-electron chi connectivity index (χ1n) is 7.82. The van der Waals surface area contributed by atoms with Gasteiger partial charge in [-0.15, -0.1) is 0 Å². The molecular weight excluding hydrogens is 248 g/mol. The lowest BCUT2D eigenvalue weighted by Gasteiger charge is -2.26. The molecule has 1 saturated heterocycles. The highest BCUT2D eigenvalue weighted by atomic mass is 16.5. The average Bonchev–Trinajstić information content (AvgIpc) is 2.92. The molecule has 0 bridgehead atoms. The molecule has 1 unspecified atom stereocenters. The van der Waals surface area contributed by atoms with Crippen LogP contribution in [0.1, 0.15) is 37.3 Å². The van der Waals surface area contributed by atoms with Gasteiger partial charge in [0, 0.05) is 24.7 Å². The maximum atomic E-state index is 5.51. The van der Waals surface area contributed by atoms with E-state index in [-0.39, 0.29) is 0 Å². The van der Waals surface area contributed by atoms with Crippen molar-refractivity contribution in [2.24, 2.45) is 0 Å². The van der Waals surface area contributed by atoms with Gasteiger partial charge in [0.25, 0.3) is 0 Å². The zero-order chi connectivity index (χ0) is 14.4. The Kier molecular flexibility index (Phi) is 5.86. The third-order valence-corrected chi connectivity index (χ3v) is 4.01. The Balaban J connectivity index is 2.04. The minimum absolute atomic E-state index is 0.664. The summed E-state index contributed by atoms with van der Waals surface area (Å²) in [4.78, 5) is 2.56. The van der Waals surface area contributed by atoms with E-state index in [0.717, 1.165) is 25.4 Å². The van der Waals surface area contributed by atoms with Crippen LogP contribution >= 0.6 is 0 Å². The van der Waals surface area contributed by atoms with Crippen LogP contribution in [0.4, 0.5) is 0 Å². The normalized spacial score (nSPS) is 18.7. The van der Waals surface area contributed by atoms with Crippen LogP contribution in [0.3, 0.4) is 0 Å². The van der Waals surface area contributed by atoms with E-state index in [2.05, 4.69) is 42.3 Å². The first-order chi connectivity index (χ1) is 9.72. The monoisotopic (exact) mass is 276 g/mol. The van der Waals surface area contributed by atoms with Gasteiger partial charge in [-0.3, -0.25) is 4.90 Å². The fraction of sp³-hybridized carbons (Fsp3) is 0.647. The summed E-state index contributed by atoms with van der Waals surface area (Å²) in [6, 6.07) is 7.12.